The van der Waals surface area contributed by atoms with E-state index < -0.39 is 0 Å². The molecule has 0 N–H and O–H groups in total. The Hall–Kier alpha value is -1.29. The molecular formula is C34H55Al. The zero-order valence-corrected chi connectivity index (χ0v) is 25.8. The Labute approximate surface area is 228 Å². The standard InChI is InChI=1S/C34H55.Al/c1-28(2)16-10-18-30(5)20-12-22-32(7)24-14-26-34(9)27-15-25-33(8)23-13-21-31(6)19-11-17-29(3)4;/h1,17-18,21-22,25-26H,10-16,19-20,23-24,27H2,2-9H3;/b28-1?,30-18+,31-21+,32-22+,33-25+,34-26+;. The first-order chi connectivity index (χ1) is 16.6. The number of hydrogen-bond acceptors (Lipinski definition) is 0. The molecule has 0 unspecified atom stereocenters. The summed E-state index contributed by atoms with van der Waals surface area (Å²) in [6, 6.07) is 0. The summed E-state index contributed by atoms with van der Waals surface area (Å²) in [7, 11) is 0. The number of hydrogen-bond donors (Lipinski definition) is 0. The van der Waals surface area contributed by atoms with E-state index in [1.807, 2.05) is 0 Å². The fraction of sp³-hybridized carbons (Fsp3) is 0.588. The molecule has 1 heteroatoms. The van der Waals surface area contributed by atoms with E-state index in [1.54, 1.807) is 0 Å². The predicted molar refractivity (Wildman–Crippen MR) is 163 cm³/mol. The van der Waals surface area contributed by atoms with Crippen molar-refractivity contribution < 1.29 is 0 Å². The molecule has 0 spiro atoms. The molecular weight excluding hydrogens is 435 g/mol. The van der Waals surface area contributed by atoms with Crippen LogP contribution in [0.15, 0.2) is 80.4 Å². The van der Waals surface area contributed by atoms with Gasteiger partial charge in [-0.15, -0.1) is 0 Å². The van der Waals surface area contributed by atoms with E-state index in [0.29, 0.717) is 0 Å². The summed E-state index contributed by atoms with van der Waals surface area (Å²) in [6.07, 6.45) is 28.7. The van der Waals surface area contributed by atoms with Gasteiger partial charge in [0.1, 0.15) is 0 Å². The number of rotatable bonds is 18. The van der Waals surface area contributed by atoms with Crippen molar-refractivity contribution in [2.75, 3.05) is 0 Å². The van der Waals surface area contributed by atoms with Crippen LogP contribution in [0.2, 0.25) is 0 Å². The van der Waals surface area contributed by atoms with Crippen LogP contribution in [0.5, 0.6) is 0 Å². The smallest absolute Gasteiger partial charge is 0.162 e. The number of allylic oxidation sites excluding steroid dienone is 13. The topological polar surface area (TPSA) is 0 Å². The van der Waals surface area contributed by atoms with E-state index in [1.165, 1.54) is 110 Å². The van der Waals surface area contributed by atoms with E-state index in [4.69, 9.17) is 0 Å². The molecule has 0 aliphatic rings. The molecule has 0 saturated heterocycles. The van der Waals surface area contributed by atoms with Gasteiger partial charge in [0.15, 0.2) is 16.3 Å². The average molecular weight is 491 g/mol. The second-order valence-corrected chi connectivity index (χ2v) is 11.1. The third kappa shape index (κ3) is 22.9. The van der Waals surface area contributed by atoms with Crippen LogP contribution < -0.4 is 0 Å². The SMILES string of the molecule is CC(C)=CCC/C(C)=C/CC/C(C)=C/CC/C(C)=C/CC/C(C)=C/CC/C(C)=C/CC/C(C)=[CH]/[Al]. The maximum Gasteiger partial charge on any atom is 0.162 e. The van der Waals surface area contributed by atoms with E-state index in [0.717, 1.165) is 6.42 Å². The van der Waals surface area contributed by atoms with Gasteiger partial charge < -0.3 is 0 Å². The van der Waals surface area contributed by atoms with Gasteiger partial charge in [0.05, 0.1) is 0 Å². The van der Waals surface area contributed by atoms with Crippen LogP contribution in [0.1, 0.15) is 132 Å². The summed E-state index contributed by atoms with van der Waals surface area (Å²) in [5.74, 6) is 0. The predicted octanol–water partition coefficient (Wildman–Crippen LogP) is 11.4. The maximum atomic E-state index is 2.70. The summed E-state index contributed by atoms with van der Waals surface area (Å²) >= 11 is 2.70. The van der Waals surface area contributed by atoms with Crippen LogP contribution in [0.4, 0.5) is 0 Å². The highest BCUT2D eigenvalue weighted by Crippen LogP contribution is 2.16. The average Bonchev–Trinajstić information content (AvgIpc) is 2.78. The Morgan fingerprint density at radius 3 is 0.829 bits per heavy atom. The second-order valence-electron chi connectivity index (χ2n) is 10.8. The molecule has 0 saturated carbocycles. The molecule has 194 valence electrons. The van der Waals surface area contributed by atoms with Gasteiger partial charge in [-0.2, -0.15) is 4.94 Å². The summed E-state index contributed by atoms with van der Waals surface area (Å²) in [6.45, 7) is 18.0. The lowest BCUT2D eigenvalue weighted by atomic mass is 10.0. The molecule has 0 fully saturated rings. The Bertz CT molecular complexity index is 788. The van der Waals surface area contributed by atoms with E-state index in [2.05, 4.69) is 113 Å². The molecule has 0 aromatic heterocycles. The molecule has 0 aromatic rings. The van der Waals surface area contributed by atoms with Gasteiger partial charge in [-0.3, -0.25) is 0 Å². The van der Waals surface area contributed by atoms with E-state index in [9.17, 15) is 0 Å². The molecule has 0 bridgehead atoms. The first-order valence-electron chi connectivity index (χ1n) is 13.9. The van der Waals surface area contributed by atoms with Gasteiger partial charge in [-0.05, 0) is 132 Å². The van der Waals surface area contributed by atoms with Crippen molar-refractivity contribution in [2.45, 2.75) is 132 Å². The molecule has 0 rings (SSSR count). The highest BCUT2D eigenvalue weighted by atomic mass is 27.0. The molecule has 0 amide bonds. The van der Waals surface area contributed by atoms with Crippen LogP contribution in [0, 0.1) is 0 Å². The fourth-order valence-electron chi connectivity index (χ4n) is 3.91. The van der Waals surface area contributed by atoms with Crippen molar-refractivity contribution in [3.8, 4) is 0 Å². The molecule has 0 aromatic carbocycles. The van der Waals surface area contributed by atoms with Gasteiger partial charge in [-0.1, -0.05) is 75.5 Å². The van der Waals surface area contributed by atoms with Gasteiger partial charge in [-0.25, -0.2) is 0 Å². The Morgan fingerprint density at radius 1 is 0.371 bits per heavy atom. The zero-order valence-electron chi connectivity index (χ0n) is 24.6. The van der Waals surface area contributed by atoms with Gasteiger partial charge in [0.25, 0.3) is 0 Å². The van der Waals surface area contributed by atoms with Crippen LogP contribution >= 0.6 is 0 Å². The fourth-order valence-corrected chi connectivity index (χ4v) is 4.08. The van der Waals surface area contributed by atoms with Crippen molar-refractivity contribution in [3.63, 3.8) is 0 Å². The summed E-state index contributed by atoms with van der Waals surface area (Å²) in [5.41, 5.74) is 10.5. The maximum absolute atomic E-state index is 2.70. The Balaban J connectivity index is 4.13. The minimum absolute atomic E-state index is 1.16. The minimum Gasteiger partial charge on any atom is -0.173 e. The van der Waals surface area contributed by atoms with Crippen molar-refractivity contribution in [1.29, 1.82) is 0 Å². The molecule has 35 heavy (non-hydrogen) atoms. The molecule has 0 nitrogen and oxygen atoms in total. The molecule has 0 atom stereocenters. The largest absolute Gasteiger partial charge is 0.173 e. The molecule has 0 aliphatic carbocycles. The lowest BCUT2D eigenvalue weighted by Crippen LogP contribution is -1.83. The van der Waals surface area contributed by atoms with Crippen molar-refractivity contribution in [3.05, 3.63) is 80.4 Å². The first kappa shape index (κ1) is 33.7. The summed E-state index contributed by atoms with van der Waals surface area (Å²) in [4.78, 5) is 2.14. The third-order valence-corrected chi connectivity index (χ3v) is 7.10. The van der Waals surface area contributed by atoms with Gasteiger partial charge in [0, 0.05) is 0 Å². The highest BCUT2D eigenvalue weighted by Gasteiger charge is 1.96. The first-order valence-corrected chi connectivity index (χ1v) is 14.6. The molecule has 2 radical (unpaired) electrons. The van der Waals surface area contributed by atoms with Gasteiger partial charge in [0.2, 0.25) is 0 Å². The molecule has 0 aliphatic heterocycles. The third-order valence-electron chi connectivity index (χ3n) is 6.53. The van der Waals surface area contributed by atoms with Gasteiger partial charge >= 0.3 is 0 Å². The van der Waals surface area contributed by atoms with E-state index >= 15 is 0 Å². The second kappa shape index (κ2) is 22.0. The zero-order chi connectivity index (χ0) is 26.5. The lowest BCUT2D eigenvalue weighted by Gasteiger charge is -2.04. The normalized spacial score (nSPS) is 14.5. The van der Waals surface area contributed by atoms with Crippen LogP contribution in [0.25, 0.3) is 0 Å². The van der Waals surface area contributed by atoms with Crippen LogP contribution in [-0.2, 0) is 0 Å². The molecule has 0 heterocycles. The monoisotopic (exact) mass is 490 g/mol. The Morgan fingerprint density at radius 2 is 0.600 bits per heavy atom. The van der Waals surface area contributed by atoms with Crippen LogP contribution in [-0.4, -0.2) is 16.3 Å². The highest BCUT2D eigenvalue weighted by molar-refractivity contribution is 6.17. The minimum atomic E-state index is 1.16. The summed E-state index contributed by atoms with van der Waals surface area (Å²) in [5, 5.41) is 0. The van der Waals surface area contributed by atoms with Crippen molar-refractivity contribution in [2.24, 2.45) is 0 Å². The van der Waals surface area contributed by atoms with Crippen LogP contribution in [0.3, 0.4) is 0 Å². The summed E-state index contributed by atoms with van der Waals surface area (Å²) < 4.78 is 0. The Kier molecular flexibility index (Phi) is 21.1. The lowest BCUT2D eigenvalue weighted by molar-refractivity contribution is 0.884. The van der Waals surface area contributed by atoms with Crippen molar-refractivity contribution >= 4 is 16.3 Å². The van der Waals surface area contributed by atoms with E-state index in [-0.39, 0.29) is 0 Å². The quantitative estimate of drug-likeness (QED) is 0.132. The van der Waals surface area contributed by atoms with Crippen molar-refractivity contribution in [1.82, 2.24) is 0 Å².